The number of ether oxygens (including phenoxy) is 1. The van der Waals surface area contributed by atoms with Gasteiger partial charge in [-0.15, -0.1) is 0 Å². The van der Waals surface area contributed by atoms with Gasteiger partial charge in [-0.2, -0.15) is 0 Å². The molecule has 0 aromatic heterocycles. The van der Waals surface area contributed by atoms with E-state index in [9.17, 15) is 0 Å². The average Bonchev–Trinajstić information content (AvgIpc) is 2.42. The minimum absolute atomic E-state index is 0.538. The lowest BCUT2D eigenvalue weighted by molar-refractivity contribution is 0.109. The number of hydrogen-bond donors (Lipinski definition) is 1. The highest BCUT2D eigenvalue weighted by atomic mass is 16.5. The van der Waals surface area contributed by atoms with Crippen molar-refractivity contribution < 1.29 is 4.74 Å². The monoisotopic (exact) mass is 262 g/mol. The zero-order chi connectivity index (χ0) is 13.9. The summed E-state index contributed by atoms with van der Waals surface area (Å²) >= 11 is 0. The summed E-state index contributed by atoms with van der Waals surface area (Å²) in [7, 11) is 1.72. The number of hydrogen-bond acceptors (Lipinski definition) is 3. The lowest BCUT2D eigenvalue weighted by Crippen LogP contribution is -2.38. The Morgan fingerprint density at radius 2 is 2.00 bits per heavy atom. The first-order chi connectivity index (χ1) is 9.06. The molecule has 1 aromatic carbocycles. The molecule has 0 amide bonds. The Morgan fingerprint density at radius 3 is 2.58 bits per heavy atom. The summed E-state index contributed by atoms with van der Waals surface area (Å²) in [5.74, 6) is 0.943. The van der Waals surface area contributed by atoms with Crippen molar-refractivity contribution in [3.63, 3.8) is 0 Å². The Hall–Kier alpha value is -1.22. The van der Waals surface area contributed by atoms with Crippen molar-refractivity contribution >= 4 is 5.69 Å². The van der Waals surface area contributed by atoms with Crippen LogP contribution in [0.25, 0.3) is 0 Å². The predicted octanol–water partition coefficient (Wildman–Crippen LogP) is 3.29. The molecular weight excluding hydrogens is 236 g/mol. The van der Waals surface area contributed by atoms with Crippen LogP contribution in [0.2, 0.25) is 0 Å². The van der Waals surface area contributed by atoms with Crippen molar-refractivity contribution in [1.82, 2.24) is 4.90 Å². The summed E-state index contributed by atoms with van der Waals surface area (Å²) in [6.45, 7) is 7.99. The number of nitrogen functional groups attached to an aromatic ring is 1. The number of likely N-dealkylation sites (tertiary alicyclic amines) is 1. The van der Waals surface area contributed by atoms with E-state index in [1.165, 1.54) is 37.9 Å². The highest BCUT2D eigenvalue weighted by Crippen LogP contribution is 2.35. The average molecular weight is 262 g/mol. The number of nitrogens with zero attached hydrogens (tertiary/aromatic N) is 1. The van der Waals surface area contributed by atoms with Crippen LogP contribution in [0, 0.1) is 5.41 Å². The summed E-state index contributed by atoms with van der Waals surface area (Å²) in [4.78, 5) is 2.51. The zero-order valence-corrected chi connectivity index (χ0v) is 12.4. The van der Waals surface area contributed by atoms with Gasteiger partial charge >= 0.3 is 0 Å². The Bertz CT molecular complexity index is 423. The van der Waals surface area contributed by atoms with Gasteiger partial charge in [-0.3, -0.25) is 4.90 Å². The Morgan fingerprint density at radius 1 is 1.32 bits per heavy atom. The Labute approximate surface area is 116 Å². The van der Waals surface area contributed by atoms with E-state index in [0.29, 0.717) is 5.41 Å². The van der Waals surface area contributed by atoms with E-state index in [0.717, 1.165) is 18.0 Å². The first kappa shape index (κ1) is 14.2. The predicted molar refractivity (Wildman–Crippen MR) is 80.3 cm³/mol. The molecule has 0 aliphatic carbocycles. The summed E-state index contributed by atoms with van der Waals surface area (Å²) in [5, 5.41) is 0. The molecule has 3 nitrogen and oxygen atoms in total. The maximum absolute atomic E-state index is 5.88. The highest BCUT2D eigenvalue weighted by molar-refractivity contribution is 5.47. The molecule has 0 saturated carbocycles. The minimum Gasteiger partial charge on any atom is -0.496 e. The molecular formula is C16H26N2O. The van der Waals surface area contributed by atoms with Crippen molar-refractivity contribution in [2.75, 3.05) is 25.9 Å². The molecule has 0 bridgehead atoms. The molecule has 1 aromatic rings. The molecule has 0 radical (unpaired) electrons. The fraction of sp³-hybridized carbons (Fsp3) is 0.625. The van der Waals surface area contributed by atoms with Crippen molar-refractivity contribution in [1.29, 1.82) is 0 Å². The van der Waals surface area contributed by atoms with Gasteiger partial charge < -0.3 is 10.5 Å². The van der Waals surface area contributed by atoms with Gasteiger partial charge in [0.25, 0.3) is 0 Å². The van der Waals surface area contributed by atoms with Crippen LogP contribution in [0.15, 0.2) is 18.2 Å². The van der Waals surface area contributed by atoms with Crippen LogP contribution in [-0.4, -0.2) is 25.1 Å². The van der Waals surface area contributed by atoms with Gasteiger partial charge in [-0.1, -0.05) is 20.3 Å². The van der Waals surface area contributed by atoms with E-state index >= 15 is 0 Å². The number of methoxy groups -OCH3 is 1. The van der Waals surface area contributed by atoms with Crippen LogP contribution in [0.1, 0.15) is 38.7 Å². The van der Waals surface area contributed by atoms with Crippen LogP contribution in [0.3, 0.4) is 0 Å². The summed E-state index contributed by atoms with van der Waals surface area (Å²) in [5.41, 5.74) is 8.42. The van der Waals surface area contributed by atoms with Crippen LogP contribution >= 0.6 is 0 Å². The van der Waals surface area contributed by atoms with Gasteiger partial charge in [-0.05, 0) is 49.5 Å². The van der Waals surface area contributed by atoms with Gasteiger partial charge in [0.15, 0.2) is 0 Å². The van der Waals surface area contributed by atoms with E-state index in [4.69, 9.17) is 10.5 Å². The fourth-order valence-corrected chi connectivity index (χ4v) is 2.77. The lowest BCUT2D eigenvalue weighted by atomic mass is 9.78. The van der Waals surface area contributed by atoms with Crippen molar-refractivity contribution in [2.45, 2.75) is 39.7 Å². The topological polar surface area (TPSA) is 38.5 Å². The third-order valence-corrected chi connectivity index (χ3v) is 4.62. The largest absolute Gasteiger partial charge is 0.496 e. The van der Waals surface area contributed by atoms with E-state index in [1.807, 2.05) is 18.2 Å². The number of anilines is 1. The summed E-state index contributed by atoms with van der Waals surface area (Å²) in [6.07, 6.45) is 3.85. The van der Waals surface area contributed by atoms with Gasteiger partial charge in [0.2, 0.25) is 0 Å². The molecule has 0 atom stereocenters. The quantitative estimate of drug-likeness (QED) is 0.846. The normalized spacial score (nSPS) is 19.3. The van der Waals surface area contributed by atoms with Gasteiger partial charge in [0.1, 0.15) is 5.75 Å². The third-order valence-electron chi connectivity index (χ3n) is 4.62. The molecule has 1 aliphatic heterocycles. The van der Waals surface area contributed by atoms with Gasteiger partial charge in [-0.25, -0.2) is 0 Å². The molecule has 0 spiro atoms. The standard InChI is InChI=1S/C16H26N2O/c1-4-16(2)7-9-18(10-8-16)12-13-11-14(17)5-6-15(13)19-3/h5-6,11H,4,7-10,12,17H2,1-3H3. The van der Waals surface area contributed by atoms with Gasteiger partial charge in [0.05, 0.1) is 7.11 Å². The third kappa shape index (κ3) is 3.41. The summed E-state index contributed by atoms with van der Waals surface area (Å²) in [6, 6.07) is 5.89. The van der Waals surface area contributed by atoms with Gasteiger partial charge in [0, 0.05) is 17.8 Å². The Balaban J connectivity index is 2.01. The molecule has 1 saturated heterocycles. The SMILES string of the molecule is CCC1(C)CCN(Cc2cc(N)ccc2OC)CC1. The van der Waals surface area contributed by atoms with Crippen LogP contribution in [0.4, 0.5) is 5.69 Å². The second-order valence-corrected chi connectivity index (χ2v) is 6.01. The number of nitrogens with two attached hydrogens (primary N) is 1. The van der Waals surface area contributed by atoms with Crippen molar-refractivity contribution in [3.8, 4) is 5.75 Å². The number of rotatable bonds is 4. The van der Waals surface area contributed by atoms with Crippen molar-refractivity contribution in [2.24, 2.45) is 5.41 Å². The molecule has 1 fully saturated rings. The molecule has 3 heteroatoms. The van der Waals surface area contributed by atoms with E-state index in [2.05, 4.69) is 18.7 Å². The first-order valence-corrected chi connectivity index (χ1v) is 7.21. The Kier molecular flexibility index (Phi) is 4.35. The molecule has 106 valence electrons. The molecule has 19 heavy (non-hydrogen) atoms. The maximum Gasteiger partial charge on any atom is 0.123 e. The lowest BCUT2D eigenvalue weighted by Gasteiger charge is -2.39. The van der Waals surface area contributed by atoms with E-state index in [-0.39, 0.29) is 0 Å². The minimum atomic E-state index is 0.538. The van der Waals surface area contributed by atoms with Crippen LogP contribution in [0.5, 0.6) is 5.75 Å². The fourth-order valence-electron chi connectivity index (χ4n) is 2.77. The molecule has 1 aliphatic rings. The van der Waals surface area contributed by atoms with Crippen molar-refractivity contribution in [3.05, 3.63) is 23.8 Å². The highest BCUT2D eigenvalue weighted by Gasteiger charge is 2.28. The van der Waals surface area contributed by atoms with E-state index < -0.39 is 0 Å². The molecule has 2 N–H and O–H groups in total. The second kappa shape index (κ2) is 5.83. The van der Waals surface area contributed by atoms with Crippen LogP contribution < -0.4 is 10.5 Å². The first-order valence-electron chi connectivity index (χ1n) is 7.21. The van der Waals surface area contributed by atoms with Crippen LogP contribution in [-0.2, 0) is 6.54 Å². The van der Waals surface area contributed by atoms with E-state index in [1.54, 1.807) is 7.11 Å². The smallest absolute Gasteiger partial charge is 0.123 e. The molecule has 0 unspecified atom stereocenters. The molecule has 1 heterocycles. The molecule has 2 rings (SSSR count). The maximum atomic E-state index is 5.88. The zero-order valence-electron chi connectivity index (χ0n) is 12.4. The second-order valence-electron chi connectivity index (χ2n) is 6.01. The number of benzene rings is 1. The summed E-state index contributed by atoms with van der Waals surface area (Å²) < 4.78 is 5.42. The number of piperidine rings is 1.